The number of likely N-dealkylation sites (tertiary alicyclic amines) is 1. The van der Waals surface area contributed by atoms with E-state index in [4.69, 9.17) is 10.8 Å². The standard InChI is InChI=1S/C13H23N3O4/c1-3-8(2)11(14)13(20)16-6-4-5-9(16)12(19)15-7-10(17)18/h8-9,11H,3-7,14H2,1-2H3,(H,15,19)(H,17,18)/t8-,9-,11-/m0/s1. The average molecular weight is 285 g/mol. The van der Waals surface area contributed by atoms with Crippen LogP contribution < -0.4 is 11.1 Å². The highest BCUT2D eigenvalue weighted by Crippen LogP contribution is 2.20. The van der Waals surface area contributed by atoms with Crippen molar-refractivity contribution in [2.75, 3.05) is 13.1 Å². The number of amides is 2. The summed E-state index contributed by atoms with van der Waals surface area (Å²) in [6.07, 6.45) is 2.06. The molecule has 0 spiro atoms. The molecule has 1 aliphatic heterocycles. The summed E-state index contributed by atoms with van der Waals surface area (Å²) in [5.41, 5.74) is 5.92. The van der Waals surface area contributed by atoms with E-state index in [0.29, 0.717) is 13.0 Å². The molecule has 0 aromatic carbocycles. The molecule has 4 N–H and O–H groups in total. The van der Waals surface area contributed by atoms with Crippen LogP contribution in [-0.4, -0.2) is 53.0 Å². The highest BCUT2D eigenvalue weighted by Gasteiger charge is 2.37. The molecule has 20 heavy (non-hydrogen) atoms. The number of carbonyl (C=O) groups excluding carboxylic acids is 2. The van der Waals surface area contributed by atoms with Gasteiger partial charge in [-0.1, -0.05) is 20.3 Å². The molecule has 1 fully saturated rings. The van der Waals surface area contributed by atoms with Crippen LogP contribution in [0, 0.1) is 5.92 Å². The Morgan fingerprint density at radius 3 is 2.65 bits per heavy atom. The van der Waals surface area contributed by atoms with Gasteiger partial charge in [0.2, 0.25) is 11.8 Å². The first-order valence-corrected chi connectivity index (χ1v) is 6.94. The van der Waals surface area contributed by atoms with E-state index in [-0.39, 0.29) is 11.8 Å². The summed E-state index contributed by atoms with van der Waals surface area (Å²) in [6, 6.07) is -1.22. The summed E-state index contributed by atoms with van der Waals surface area (Å²) < 4.78 is 0. The number of aliphatic carboxylic acids is 1. The van der Waals surface area contributed by atoms with Crippen molar-refractivity contribution in [3.63, 3.8) is 0 Å². The van der Waals surface area contributed by atoms with Gasteiger partial charge in [-0.2, -0.15) is 0 Å². The van der Waals surface area contributed by atoms with Crippen molar-refractivity contribution in [3.05, 3.63) is 0 Å². The van der Waals surface area contributed by atoms with E-state index in [9.17, 15) is 14.4 Å². The van der Waals surface area contributed by atoms with E-state index in [1.165, 1.54) is 4.90 Å². The third-order valence-electron chi connectivity index (χ3n) is 3.79. The van der Waals surface area contributed by atoms with Crippen LogP contribution in [0.25, 0.3) is 0 Å². The molecule has 1 rings (SSSR count). The average Bonchev–Trinajstić information content (AvgIpc) is 2.91. The number of hydrogen-bond donors (Lipinski definition) is 3. The molecule has 0 aromatic rings. The highest BCUT2D eigenvalue weighted by molar-refractivity contribution is 5.91. The molecule has 7 heteroatoms. The van der Waals surface area contributed by atoms with Gasteiger partial charge in [-0.3, -0.25) is 14.4 Å². The van der Waals surface area contributed by atoms with Gasteiger partial charge in [0, 0.05) is 6.54 Å². The van der Waals surface area contributed by atoms with Crippen molar-refractivity contribution in [3.8, 4) is 0 Å². The molecular formula is C13H23N3O4. The molecule has 7 nitrogen and oxygen atoms in total. The number of carbonyl (C=O) groups is 3. The van der Waals surface area contributed by atoms with Crippen molar-refractivity contribution in [2.24, 2.45) is 11.7 Å². The number of nitrogens with zero attached hydrogens (tertiary/aromatic N) is 1. The number of hydrogen-bond acceptors (Lipinski definition) is 4. The molecule has 0 radical (unpaired) electrons. The van der Waals surface area contributed by atoms with Crippen LogP contribution in [0.15, 0.2) is 0 Å². The summed E-state index contributed by atoms with van der Waals surface area (Å²) in [6.45, 7) is 3.92. The molecule has 2 amide bonds. The monoisotopic (exact) mass is 285 g/mol. The molecule has 0 aromatic heterocycles. The van der Waals surface area contributed by atoms with Gasteiger partial charge < -0.3 is 21.1 Å². The first-order valence-electron chi connectivity index (χ1n) is 6.94. The van der Waals surface area contributed by atoms with Crippen LogP contribution in [0.5, 0.6) is 0 Å². The Hall–Kier alpha value is -1.63. The minimum Gasteiger partial charge on any atom is -0.480 e. The van der Waals surface area contributed by atoms with Gasteiger partial charge in [0.1, 0.15) is 12.6 Å². The quantitative estimate of drug-likeness (QED) is 0.612. The fraction of sp³-hybridized carbons (Fsp3) is 0.769. The first kappa shape index (κ1) is 16.4. The molecular weight excluding hydrogens is 262 g/mol. The van der Waals surface area contributed by atoms with E-state index in [1.54, 1.807) is 0 Å². The van der Waals surface area contributed by atoms with Gasteiger partial charge in [-0.15, -0.1) is 0 Å². The van der Waals surface area contributed by atoms with Gasteiger partial charge in [0.05, 0.1) is 6.04 Å². The van der Waals surface area contributed by atoms with Crippen molar-refractivity contribution in [1.82, 2.24) is 10.2 Å². The maximum absolute atomic E-state index is 12.3. The Balaban J connectivity index is 2.66. The molecule has 0 bridgehead atoms. The lowest BCUT2D eigenvalue weighted by Crippen LogP contribution is -2.53. The molecule has 114 valence electrons. The lowest BCUT2D eigenvalue weighted by Gasteiger charge is -2.28. The first-order chi connectivity index (χ1) is 9.38. The van der Waals surface area contributed by atoms with Crippen LogP contribution in [0.3, 0.4) is 0 Å². The molecule has 1 aliphatic rings. The maximum Gasteiger partial charge on any atom is 0.322 e. The second kappa shape index (κ2) is 7.23. The number of nitrogens with two attached hydrogens (primary N) is 1. The van der Waals surface area contributed by atoms with Gasteiger partial charge >= 0.3 is 5.97 Å². The maximum atomic E-state index is 12.3. The van der Waals surface area contributed by atoms with Crippen molar-refractivity contribution >= 4 is 17.8 Å². The summed E-state index contributed by atoms with van der Waals surface area (Å²) in [7, 11) is 0. The molecule has 1 saturated heterocycles. The minimum atomic E-state index is -1.11. The third-order valence-corrected chi connectivity index (χ3v) is 3.79. The van der Waals surface area contributed by atoms with Crippen LogP contribution in [0.1, 0.15) is 33.1 Å². The molecule has 3 atom stereocenters. The Morgan fingerprint density at radius 1 is 1.45 bits per heavy atom. The predicted octanol–water partition coefficient (Wildman–Crippen LogP) is -0.448. The second-order valence-electron chi connectivity index (χ2n) is 5.21. The zero-order chi connectivity index (χ0) is 15.3. The molecule has 0 aliphatic carbocycles. The Morgan fingerprint density at radius 2 is 2.10 bits per heavy atom. The van der Waals surface area contributed by atoms with E-state index in [1.807, 2.05) is 13.8 Å². The van der Waals surface area contributed by atoms with Gasteiger partial charge in [-0.25, -0.2) is 0 Å². The predicted molar refractivity (Wildman–Crippen MR) is 72.8 cm³/mol. The lowest BCUT2D eigenvalue weighted by molar-refractivity contribution is -0.141. The van der Waals surface area contributed by atoms with Gasteiger partial charge in [-0.05, 0) is 18.8 Å². The Bertz CT molecular complexity index is 386. The number of nitrogens with one attached hydrogen (secondary N) is 1. The summed E-state index contributed by atoms with van der Waals surface area (Å²) in [5.74, 6) is -1.71. The number of carboxylic acids is 1. The van der Waals surface area contributed by atoms with E-state index in [0.717, 1.165) is 12.8 Å². The van der Waals surface area contributed by atoms with Crippen LogP contribution in [0.4, 0.5) is 0 Å². The fourth-order valence-corrected chi connectivity index (χ4v) is 2.27. The zero-order valence-corrected chi connectivity index (χ0v) is 12.0. The van der Waals surface area contributed by atoms with E-state index < -0.39 is 30.5 Å². The van der Waals surface area contributed by atoms with E-state index in [2.05, 4.69) is 5.32 Å². The Kier molecular flexibility index (Phi) is 5.94. The van der Waals surface area contributed by atoms with Crippen LogP contribution in [0.2, 0.25) is 0 Å². The molecule has 0 saturated carbocycles. The van der Waals surface area contributed by atoms with Crippen LogP contribution >= 0.6 is 0 Å². The van der Waals surface area contributed by atoms with Crippen molar-refractivity contribution in [1.29, 1.82) is 0 Å². The number of rotatable bonds is 6. The molecule has 1 heterocycles. The van der Waals surface area contributed by atoms with E-state index >= 15 is 0 Å². The minimum absolute atomic E-state index is 0.0471. The zero-order valence-electron chi connectivity index (χ0n) is 12.0. The summed E-state index contributed by atoms with van der Waals surface area (Å²) in [4.78, 5) is 36.2. The highest BCUT2D eigenvalue weighted by atomic mass is 16.4. The normalized spacial score (nSPS) is 21.4. The summed E-state index contributed by atoms with van der Waals surface area (Å²) >= 11 is 0. The topological polar surface area (TPSA) is 113 Å². The third kappa shape index (κ3) is 3.93. The smallest absolute Gasteiger partial charge is 0.322 e. The lowest BCUT2D eigenvalue weighted by atomic mass is 9.98. The number of carboxylic acid groups (broad SMARTS) is 1. The Labute approximate surface area is 118 Å². The second-order valence-corrected chi connectivity index (χ2v) is 5.21. The van der Waals surface area contributed by atoms with Crippen molar-refractivity contribution < 1.29 is 19.5 Å². The summed E-state index contributed by atoms with van der Waals surface area (Å²) in [5, 5.41) is 10.9. The SMILES string of the molecule is CC[C@H](C)[C@H](N)C(=O)N1CCC[C@H]1C(=O)NCC(=O)O. The fourth-order valence-electron chi connectivity index (χ4n) is 2.27. The van der Waals surface area contributed by atoms with Crippen molar-refractivity contribution in [2.45, 2.75) is 45.2 Å². The van der Waals surface area contributed by atoms with Gasteiger partial charge in [0.15, 0.2) is 0 Å². The van der Waals surface area contributed by atoms with Gasteiger partial charge in [0.25, 0.3) is 0 Å². The van der Waals surface area contributed by atoms with Crippen LogP contribution in [-0.2, 0) is 14.4 Å². The largest absolute Gasteiger partial charge is 0.480 e. The molecule has 0 unspecified atom stereocenters.